The molecule has 0 aromatic carbocycles. The van der Waals surface area contributed by atoms with Gasteiger partial charge in [-0.1, -0.05) is 0 Å². The average molecular weight is 115 g/mol. The zero-order valence-corrected chi connectivity index (χ0v) is 5.05. The van der Waals surface area contributed by atoms with Crippen LogP contribution in [0.25, 0.3) is 0 Å². The molecule has 0 rings (SSSR count). The van der Waals surface area contributed by atoms with Gasteiger partial charge in [-0.2, -0.15) is 4.99 Å². The van der Waals surface area contributed by atoms with Crippen LogP contribution in [0.5, 0.6) is 0 Å². The first kappa shape index (κ1) is 7.34. The van der Waals surface area contributed by atoms with Crippen LogP contribution in [0.2, 0.25) is 0 Å². The van der Waals surface area contributed by atoms with Gasteiger partial charge in [-0.05, 0) is 13.8 Å². The minimum Gasteiger partial charge on any atom is -0.356 e. The number of nitrogens with zero attached hydrogens (tertiary/aromatic N) is 1. The average Bonchev–Trinajstić information content (AvgIpc) is 1.68. The zero-order chi connectivity index (χ0) is 6.41. The predicted octanol–water partition coefficient (Wildman–Crippen LogP) is 0.705. The fraction of sp³-hybridized carbons (Fsp3) is 0.800. The van der Waals surface area contributed by atoms with Crippen molar-refractivity contribution in [1.29, 1.82) is 0 Å². The lowest BCUT2D eigenvalue weighted by Gasteiger charge is -2.00. The SMILES string of the molecule is CCOC(C)N=C=O. The van der Waals surface area contributed by atoms with Crippen molar-refractivity contribution in [3.8, 4) is 0 Å². The summed E-state index contributed by atoms with van der Waals surface area (Å²) in [6, 6.07) is 0. The summed E-state index contributed by atoms with van der Waals surface area (Å²) in [5, 5.41) is 0. The summed E-state index contributed by atoms with van der Waals surface area (Å²) in [6.45, 7) is 4.11. The van der Waals surface area contributed by atoms with E-state index in [1.807, 2.05) is 6.92 Å². The molecule has 1 atom stereocenters. The molecule has 0 radical (unpaired) electrons. The van der Waals surface area contributed by atoms with Gasteiger partial charge < -0.3 is 4.74 Å². The lowest BCUT2D eigenvalue weighted by molar-refractivity contribution is 0.0831. The minimum atomic E-state index is -0.336. The number of carbonyl (C=O) groups excluding carboxylic acids is 1. The molecule has 1 unspecified atom stereocenters. The van der Waals surface area contributed by atoms with Crippen LogP contribution < -0.4 is 0 Å². The van der Waals surface area contributed by atoms with Crippen molar-refractivity contribution in [3.05, 3.63) is 0 Å². The summed E-state index contributed by atoms with van der Waals surface area (Å²) in [4.78, 5) is 12.8. The Labute approximate surface area is 48.4 Å². The van der Waals surface area contributed by atoms with Crippen molar-refractivity contribution in [2.45, 2.75) is 20.1 Å². The third kappa shape index (κ3) is 3.53. The molecule has 3 nitrogen and oxygen atoms in total. The molecule has 0 aliphatic rings. The first-order chi connectivity index (χ1) is 3.81. The molecule has 0 aliphatic carbocycles. The fourth-order valence-electron chi connectivity index (χ4n) is 0.353. The van der Waals surface area contributed by atoms with E-state index >= 15 is 0 Å². The maximum atomic E-state index is 9.52. The Morgan fingerprint density at radius 2 is 2.50 bits per heavy atom. The number of aliphatic imine (C=N–C) groups is 1. The molecule has 0 aromatic heterocycles. The Morgan fingerprint density at radius 1 is 1.88 bits per heavy atom. The van der Waals surface area contributed by atoms with Gasteiger partial charge >= 0.3 is 0 Å². The molecule has 3 heteroatoms. The van der Waals surface area contributed by atoms with Gasteiger partial charge in [0.1, 0.15) is 0 Å². The van der Waals surface area contributed by atoms with E-state index in [0.717, 1.165) is 0 Å². The monoisotopic (exact) mass is 115 g/mol. The molecule has 0 aromatic rings. The smallest absolute Gasteiger partial charge is 0.237 e. The van der Waals surface area contributed by atoms with Crippen LogP contribution in [-0.4, -0.2) is 18.9 Å². The Morgan fingerprint density at radius 3 is 2.88 bits per heavy atom. The van der Waals surface area contributed by atoms with Gasteiger partial charge in [-0.15, -0.1) is 0 Å². The quantitative estimate of drug-likeness (QED) is 0.401. The van der Waals surface area contributed by atoms with Gasteiger partial charge in [-0.25, -0.2) is 4.79 Å². The van der Waals surface area contributed by atoms with Crippen LogP contribution in [0.3, 0.4) is 0 Å². The highest BCUT2D eigenvalue weighted by Gasteiger charge is 1.91. The van der Waals surface area contributed by atoms with Crippen molar-refractivity contribution in [1.82, 2.24) is 0 Å². The number of hydrogen-bond donors (Lipinski definition) is 0. The van der Waals surface area contributed by atoms with E-state index in [4.69, 9.17) is 4.74 Å². The normalized spacial score (nSPS) is 12.2. The summed E-state index contributed by atoms with van der Waals surface area (Å²) in [6.07, 6.45) is 1.07. The van der Waals surface area contributed by atoms with Crippen LogP contribution >= 0.6 is 0 Å². The van der Waals surface area contributed by atoms with Gasteiger partial charge in [0.05, 0.1) is 0 Å². The third-order valence-electron chi connectivity index (χ3n) is 0.642. The molecule has 0 bridgehead atoms. The second-order valence-corrected chi connectivity index (χ2v) is 1.28. The van der Waals surface area contributed by atoms with Crippen molar-refractivity contribution in [2.75, 3.05) is 6.61 Å². The Bertz CT molecular complexity index is 96.6. The fourth-order valence-corrected chi connectivity index (χ4v) is 0.353. The molecule has 8 heavy (non-hydrogen) atoms. The number of rotatable bonds is 3. The topological polar surface area (TPSA) is 38.7 Å². The predicted molar refractivity (Wildman–Crippen MR) is 29.2 cm³/mol. The largest absolute Gasteiger partial charge is 0.356 e. The maximum Gasteiger partial charge on any atom is 0.237 e. The van der Waals surface area contributed by atoms with Gasteiger partial charge in [0.2, 0.25) is 6.08 Å². The second kappa shape index (κ2) is 4.50. The first-order valence-electron chi connectivity index (χ1n) is 2.49. The van der Waals surface area contributed by atoms with Crippen LogP contribution in [0.1, 0.15) is 13.8 Å². The minimum absolute atomic E-state index is 0.336. The van der Waals surface area contributed by atoms with E-state index < -0.39 is 0 Å². The van der Waals surface area contributed by atoms with Gasteiger partial charge in [-0.3, -0.25) is 0 Å². The standard InChI is InChI=1S/C5H9NO2/c1-3-8-5(2)6-4-7/h5H,3H2,1-2H3. The maximum absolute atomic E-state index is 9.52. The highest BCUT2D eigenvalue weighted by Crippen LogP contribution is 1.87. The van der Waals surface area contributed by atoms with E-state index in [-0.39, 0.29) is 6.23 Å². The van der Waals surface area contributed by atoms with Crippen LogP contribution in [-0.2, 0) is 9.53 Å². The van der Waals surface area contributed by atoms with Crippen molar-refractivity contribution in [2.24, 2.45) is 4.99 Å². The molecule has 0 spiro atoms. The molecule has 46 valence electrons. The molecule has 0 aliphatic heterocycles. The van der Waals surface area contributed by atoms with Gasteiger partial charge in [0.15, 0.2) is 6.23 Å². The summed E-state index contributed by atoms with van der Waals surface area (Å²) in [7, 11) is 0. The van der Waals surface area contributed by atoms with Crippen molar-refractivity contribution >= 4 is 6.08 Å². The highest BCUT2D eigenvalue weighted by molar-refractivity contribution is 5.32. The molecule has 0 saturated carbocycles. The molecule has 0 saturated heterocycles. The van der Waals surface area contributed by atoms with Gasteiger partial charge in [0.25, 0.3) is 0 Å². The van der Waals surface area contributed by atoms with Crippen LogP contribution in [0.15, 0.2) is 4.99 Å². The first-order valence-corrected chi connectivity index (χ1v) is 2.49. The molecular formula is C5H9NO2. The highest BCUT2D eigenvalue weighted by atomic mass is 16.5. The third-order valence-corrected chi connectivity index (χ3v) is 0.642. The van der Waals surface area contributed by atoms with Crippen LogP contribution in [0.4, 0.5) is 0 Å². The Kier molecular flexibility index (Phi) is 4.13. The van der Waals surface area contributed by atoms with Crippen molar-refractivity contribution in [3.63, 3.8) is 0 Å². The Balaban J connectivity index is 3.31. The van der Waals surface area contributed by atoms with E-state index in [0.29, 0.717) is 6.61 Å². The number of isocyanates is 1. The van der Waals surface area contributed by atoms with E-state index in [1.165, 1.54) is 6.08 Å². The molecule has 0 amide bonds. The summed E-state index contributed by atoms with van der Waals surface area (Å²) in [5.41, 5.74) is 0. The Hall–Kier alpha value is -0.660. The lowest BCUT2D eigenvalue weighted by Crippen LogP contribution is -2.02. The second-order valence-electron chi connectivity index (χ2n) is 1.28. The number of ether oxygens (including phenoxy) is 1. The summed E-state index contributed by atoms with van der Waals surface area (Å²) >= 11 is 0. The lowest BCUT2D eigenvalue weighted by atomic mass is 10.7. The van der Waals surface area contributed by atoms with E-state index in [9.17, 15) is 4.79 Å². The van der Waals surface area contributed by atoms with Gasteiger partial charge in [0, 0.05) is 6.61 Å². The molecular weight excluding hydrogens is 106 g/mol. The van der Waals surface area contributed by atoms with Crippen molar-refractivity contribution < 1.29 is 9.53 Å². The summed E-state index contributed by atoms with van der Waals surface area (Å²) in [5.74, 6) is 0. The molecule has 0 N–H and O–H groups in total. The summed E-state index contributed by atoms with van der Waals surface area (Å²) < 4.78 is 4.85. The van der Waals surface area contributed by atoms with E-state index in [2.05, 4.69) is 4.99 Å². The van der Waals surface area contributed by atoms with Crippen LogP contribution in [0, 0.1) is 0 Å². The zero-order valence-electron chi connectivity index (χ0n) is 5.05. The van der Waals surface area contributed by atoms with E-state index in [1.54, 1.807) is 6.92 Å². The molecule has 0 heterocycles. The molecule has 0 fully saturated rings. The number of hydrogen-bond acceptors (Lipinski definition) is 3.